The standard InChI is InChI=1S/C9H9ClN2O/c1-7-8(4-2-3-5-13)6-11-9(10)12-7/h6,13H,3,5H2,1H3. The lowest BCUT2D eigenvalue weighted by Gasteiger charge is -1.95. The maximum atomic E-state index is 8.50. The fraction of sp³-hybridized carbons (Fsp3) is 0.333. The molecule has 0 unspecified atom stereocenters. The minimum Gasteiger partial charge on any atom is -0.395 e. The molecule has 0 saturated carbocycles. The summed E-state index contributed by atoms with van der Waals surface area (Å²) in [5.41, 5.74) is 1.50. The Morgan fingerprint density at radius 3 is 3.00 bits per heavy atom. The molecule has 1 heterocycles. The van der Waals surface area contributed by atoms with Crippen molar-refractivity contribution < 1.29 is 5.11 Å². The molecule has 0 aliphatic heterocycles. The summed E-state index contributed by atoms with van der Waals surface area (Å²) in [5, 5.41) is 8.73. The minimum absolute atomic E-state index is 0.0699. The van der Waals surface area contributed by atoms with Gasteiger partial charge in [-0.05, 0) is 18.5 Å². The smallest absolute Gasteiger partial charge is 0.222 e. The van der Waals surface area contributed by atoms with E-state index in [4.69, 9.17) is 16.7 Å². The van der Waals surface area contributed by atoms with E-state index in [1.165, 1.54) is 0 Å². The van der Waals surface area contributed by atoms with Crippen molar-refractivity contribution in [2.75, 3.05) is 6.61 Å². The van der Waals surface area contributed by atoms with Crippen LogP contribution in [0.4, 0.5) is 0 Å². The first kappa shape index (κ1) is 9.97. The van der Waals surface area contributed by atoms with Crippen molar-refractivity contribution >= 4 is 11.6 Å². The molecule has 0 spiro atoms. The van der Waals surface area contributed by atoms with Gasteiger partial charge in [0.1, 0.15) is 0 Å². The molecule has 3 nitrogen and oxygen atoms in total. The van der Waals surface area contributed by atoms with Gasteiger partial charge in [0.05, 0.1) is 17.9 Å². The van der Waals surface area contributed by atoms with Gasteiger partial charge in [0.25, 0.3) is 0 Å². The first-order chi connectivity index (χ1) is 6.24. The van der Waals surface area contributed by atoms with E-state index in [0.29, 0.717) is 6.42 Å². The highest BCUT2D eigenvalue weighted by Gasteiger charge is 1.97. The number of aliphatic hydroxyl groups is 1. The van der Waals surface area contributed by atoms with Crippen molar-refractivity contribution in [1.82, 2.24) is 9.97 Å². The van der Waals surface area contributed by atoms with Crippen LogP contribution in [0, 0.1) is 18.8 Å². The number of halogens is 1. The monoisotopic (exact) mass is 196 g/mol. The molecule has 1 N–H and O–H groups in total. The molecule has 13 heavy (non-hydrogen) atoms. The molecular formula is C9H9ClN2O. The highest BCUT2D eigenvalue weighted by Crippen LogP contribution is 2.05. The fourth-order valence-electron chi connectivity index (χ4n) is 0.775. The van der Waals surface area contributed by atoms with E-state index >= 15 is 0 Å². The summed E-state index contributed by atoms with van der Waals surface area (Å²) in [6, 6.07) is 0. The summed E-state index contributed by atoms with van der Waals surface area (Å²) in [4.78, 5) is 7.75. The summed E-state index contributed by atoms with van der Waals surface area (Å²) in [5.74, 6) is 5.64. The minimum atomic E-state index is 0.0699. The zero-order valence-corrected chi connectivity index (χ0v) is 7.97. The Labute approximate surface area is 81.8 Å². The zero-order chi connectivity index (χ0) is 9.68. The third kappa shape index (κ3) is 3.02. The highest BCUT2D eigenvalue weighted by molar-refractivity contribution is 6.28. The number of aromatic nitrogens is 2. The number of nitrogens with zero attached hydrogens (tertiary/aromatic N) is 2. The van der Waals surface area contributed by atoms with Crippen LogP contribution in [0.3, 0.4) is 0 Å². The van der Waals surface area contributed by atoms with E-state index in [9.17, 15) is 0 Å². The Kier molecular flexibility index (Phi) is 3.69. The Hall–Kier alpha value is -1.11. The molecule has 0 radical (unpaired) electrons. The number of hydrogen-bond donors (Lipinski definition) is 1. The maximum absolute atomic E-state index is 8.50. The second-order valence-electron chi connectivity index (χ2n) is 2.41. The van der Waals surface area contributed by atoms with Crippen LogP contribution in [0.5, 0.6) is 0 Å². The lowest BCUT2D eigenvalue weighted by atomic mass is 10.2. The fourth-order valence-corrected chi connectivity index (χ4v) is 0.951. The van der Waals surface area contributed by atoms with Gasteiger partial charge in [-0.3, -0.25) is 0 Å². The van der Waals surface area contributed by atoms with Crippen molar-refractivity contribution in [2.24, 2.45) is 0 Å². The van der Waals surface area contributed by atoms with Gasteiger partial charge in [-0.2, -0.15) is 0 Å². The highest BCUT2D eigenvalue weighted by atomic mass is 35.5. The van der Waals surface area contributed by atoms with Crippen LogP contribution >= 0.6 is 11.6 Å². The molecule has 1 rings (SSSR count). The van der Waals surface area contributed by atoms with Crippen molar-refractivity contribution in [1.29, 1.82) is 0 Å². The molecule has 0 bridgehead atoms. The van der Waals surface area contributed by atoms with Crippen LogP contribution in [0.15, 0.2) is 6.20 Å². The van der Waals surface area contributed by atoms with E-state index < -0.39 is 0 Å². The summed E-state index contributed by atoms with van der Waals surface area (Å²) < 4.78 is 0. The number of aryl methyl sites for hydroxylation is 1. The molecule has 0 aliphatic carbocycles. The number of aliphatic hydroxyl groups excluding tert-OH is 1. The van der Waals surface area contributed by atoms with Gasteiger partial charge in [0.15, 0.2) is 0 Å². The normalized spacial score (nSPS) is 9.15. The van der Waals surface area contributed by atoms with Crippen LogP contribution < -0.4 is 0 Å². The lowest BCUT2D eigenvalue weighted by Crippen LogP contribution is -1.90. The molecule has 0 atom stereocenters. The van der Waals surface area contributed by atoms with E-state index in [1.54, 1.807) is 6.20 Å². The van der Waals surface area contributed by atoms with E-state index in [-0.39, 0.29) is 11.9 Å². The van der Waals surface area contributed by atoms with Gasteiger partial charge in [-0.1, -0.05) is 11.8 Å². The summed E-state index contributed by atoms with van der Waals surface area (Å²) in [6.07, 6.45) is 2.04. The molecule has 0 fully saturated rings. The summed E-state index contributed by atoms with van der Waals surface area (Å²) in [7, 11) is 0. The molecule has 0 aromatic carbocycles. The molecule has 0 saturated heterocycles. The van der Waals surface area contributed by atoms with Crippen molar-refractivity contribution in [3.05, 3.63) is 22.7 Å². The zero-order valence-electron chi connectivity index (χ0n) is 7.21. The van der Waals surface area contributed by atoms with Gasteiger partial charge in [-0.25, -0.2) is 9.97 Å². The Morgan fingerprint density at radius 1 is 1.62 bits per heavy atom. The average Bonchev–Trinajstić information content (AvgIpc) is 2.09. The molecular weight excluding hydrogens is 188 g/mol. The van der Waals surface area contributed by atoms with Gasteiger partial charge < -0.3 is 5.11 Å². The Bertz CT molecular complexity index is 354. The third-order valence-corrected chi connectivity index (χ3v) is 1.59. The van der Waals surface area contributed by atoms with Crippen LogP contribution in [0.25, 0.3) is 0 Å². The van der Waals surface area contributed by atoms with Crippen LogP contribution in [0.2, 0.25) is 5.28 Å². The molecule has 68 valence electrons. The van der Waals surface area contributed by atoms with Crippen LogP contribution in [-0.4, -0.2) is 21.7 Å². The first-order valence-electron chi connectivity index (χ1n) is 3.83. The maximum Gasteiger partial charge on any atom is 0.222 e. The van der Waals surface area contributed by atoms with Crippen LogP contribution in [-0.2, 0) is 0 Å². The molecule has 1 aromatic rings. The van der Waals surface area contributed by atoms with Gasteiger partial charge in [0, 0.05) is 12.6 Å². The van der Waals surface area contributed by atoms with Crippen molar-refractivity contribution in [3.63, 3.8) is 0 Å². The molecule has 4 heteroatoms. The van der Waals surface area contributed by atoms with E-state index in [1.807, 2.05) is 6.92 Å². The summed E-state index contributed by atoms with van der Waals surface area (Å²) in [6.45, 7) is 1.89. The number of rotatable bonds is 1. The third-order valence-electron chi connectivity index (χ3n) is 1.41. The quantitative estimate of drug-likeness (QED) is 0.542. The largest absolute Gasteiger partial charge is 0.395 e. The Balaban J connectivity index is 2.85. The van der Waals surface area contributed by atoms with Crippen LogP contribution in [0.1, 0.15) is 17.7 Å². The van der Waals surface area contributed by atoms with Crippen molar-refractivity contribution in [2.45, 2.75) is 13.3 Å². The number of hydrogen-bond acceptors (Lipinski definition) is 3. The Morgan fingerprint density at radius 2 is 2.38 bits per heavy atom. The molecule has 1 aromatic heterocycles. The SMILES string of the molecule is Cc1nc(Cl)ncc1C#CCCO. The first-order valence-corrected chi connectivity index (χ1v) is 4.20. The average molecular weight is 197 g/mol. The second-order valence-corrected chi connectivity index (χ2v) is 2.75. The topological polar surface area (TPSA) is 46.0 Å². The lowest BCUT2D eigenvalue weighted by molar-refractivity contribution is 0.305. The van der Waals surface area contributed by atoms with Crippen molar-refractivity contribution in [3.8, 4) is 11.8 Å². The van der Waals surface area contributed by atoms with Gasteiger partial charge >= 0.3 is 0 Å². The van der Waals surface area contributed by atoms with Gasteiger partial charge in [-0.15, -0.1) is 0 Å². The van der Waals surface area contributed by atoms with E-state index in [0.717, 1.165) is 11.3 Å². The summed E-state index contributed by atoms with van der Waals surface area (Å²) >= 11 is 5.57. The van der Waals surface area contributed by atoms with Gasteiger partial charge in [0.2, 0.25) is 5.28 Å². The predicted octanol–water partition coefficient (Wildman–Crippen LogP) is 1.17. The molecule has 0 aliphatic rings. The van der Waals surface area contributed by atoms with E-state index in [2.05, 4.69) is 21.8 Å². The predicted molar refractivity (Wildman–Crippen MR) is 50.4 cm³/mol. The second kappa shape index (κ2) is 4.80. The molecule has 0 amide bonds.